The van der Waals surface area contributed by atoms with Gasteiger partial charge in [-0.25, -0.2) is 0 Å². The highest BCUT2D eigenvalue weighted by Crippen LogP contribution is 2.40. The zero-order valence-electron chi connectivity index (χ0n) is 11.9. The SMILES string of the molecule is CCOc1cncc(C(N)C2(OC)CCCCC2)c1. The van der Waals surface area contributed by atoms with Crippen LogP contribution in [0.4, 0.5) is 0 Å². The van der Waals surface area contributed by atoms with Gasteiger partial charge in [0.25, 0.3) is 0 Å². The molecule has 0 radical (unpaired) electrons. The predicted octanol–water partition coefficient (Wildman–Crippen LogP) is 2.83. The molecule has 0 amide bonds. The Hall–Kier alpha value is -1.13. The summed E-state index contributed by atoms with van der Waals surface area (Å²) in [6.45, 7) is 2.60. The number of nitrogens with zero attached hydrogens (tertiary/aromatic N) is 1. The highest BCUT2D eigenvalue weighted by Gasteiger charge is 2.39. The molecule has 1 aliphatic rings. The first-order chi connectivity index (χ1) is 9.22. The van der Waals surface area contributed by atoms with Crippen LogP contribution in [-0.4, -0.2) is 24.3 Å². The van der Waals surface area contributed by atoms with Crippen LogP contribution in [0.15, 0.2) is 18.5 Å². The smallest absolute Gasteiger partial charge is 0.137 e. The summed E-state index contributed by atoms with van der Waals surface area (Å²) in [4.78, 5) is 4.22. The van der Waals surface area contributed by atoms with Gasteiger partial charge in [0.2, 0.25) is 0 Å². The van der Waals surface area contributed by atoms with Gasteiger partial charge < -0.3 is 15.2 Å². The van der Waals surface area contributed by atoms with E-state index in [1.165, 1.54) is 19.3 Å². The Bertz CT molecular complexity index is 403. The lowest BCUT2D eigenvalue weighted by atomic mass is 9.77. The van der Waals surface area contributed by atoms with Crippen molar-refractivity contribution >= 4 is 0 Å². The summed E-state index contributed by atoms with van der Waals surface area (Å²) >= 11 is 0. The van der Waals surface area contributed by atoms with Crippen molar-refractivity contribution in [2.75, 3.05) is 13.7 Å². The summed E-state index contributed by atoms with van der Waals surface area (Å²) < 4.78 is 11.3. The largest absolute Gasteiger partial charge is 0.492 e. The molecule has 0 spiro atoms. The molecular weight excluding hydrogens is 240 g/mol. The Morgan fingerprint density at radius 2 is 2.05 bits per heavy atom. The second kappa shape index (κ2) is 6.35. The van der Waals surface area contributed by atoms with Crippen LogP contribution in [0.2, 0.25) is 0 Å². The molecule has 1 unspecified atom stereocenters. The summed E-state index contributed by atoms with van der Waals surface area (Å²) in [6.07, 6.45) is 9.21. The molecule has 1 aromatic heterocycles. The molecule has 4 heteroatoms. The lowest BCUT2D eigenvalue weighted by Crippen LogP contribution is -2.44. The molecule has 1 saturated carbocycles. The van der Waals surface area contributed by atoms with Gasteiger partial charge in [0.1, 0.15) is 5.75 Å². The fourth-order valence-electron chi connectivity index (χ4n) is 2.95. The van der Waals surface area contributed by atoms with Crippen molar-refractivity contribution in [1.82, 2.24) is 4.98 Å². The molecule has 1 aromatic rings. The number of aromatic nitrogens is 1. The summed E-state index contributed by atoms with van der Waals surface area (Å²) in [5.74, 6) is 0.775. The van der Waals surface area contributed by atoms with Gasteiger partial charge in [0, 0.05) is 13.3 Å². The Balaban J connectivity index is 2.21. The first-order valence-electron chi connectivity index (χ1n) is 7.10. The molecule has 0 bridgehead atoms. The Morgan fingerprint density at radius 1 is 1.32 bits per heavy atom. The normalized spacial score (nSPS) is 19.9. The van der Waals surface area contributed by atoms with Gasteiger partial charge in [0.05, 0.1) is 24.4 Å². The van der Waals surface area contributed by atoms with Crippen LogP contribution in [0, 0.1) is 0 Å². The first kappa shape index (κ1) is 14.3. The van der Waals surface area contributed by atoms with Crippen LogP contribution >= 0.6 is 0 Å². The molecule has 2 rings (SSSR count). The summed E-state index contributed by atoms with van der Waals surface area (Å²) in [5.41, 5.74) is 7.21. The minimum absolute atomic E-state index is 0.147. The van der Waals surface area contributed by atoms with Crippen LogP contribution < -0.4 is 10.5 Å². The molecule has 0 aliphatic heterocycles. The van der Waals surface area contributed by atoms with Gasteiger partial charge in [0.15, 0.2) is 0 Å². The van der Waals surface area contributed by atoms with Gasteiger partial charge in [-0.2, -0.15) is 0 Å². The van der Waals surface area contributed by atoms with Crippen molar-refractivity contribution in [3.63, 3.8) is 0 Å². The van der Waals surface area contributed by atoms with Crippen LogP contribution in [0.25, 0.3) is 0 Å². The van der Waals surface area contributed by atoms with E-state index in [1.54, 1.807) is 13.3 Å². The van der Waals surface area contributed by atoms with E-state index in [-0.39, 0.29) is 11.6 Å². The maximum atomic E-state index is 6.46. The van der Waals surface area contributed by atoms with E-state index < -0.39 is 0 Å². The highest BCUT2D eigenvalue weighted by atomic mass is 16.5. The average Bonchev–Trinajstić information content (AvgIpc) is 2.48. The Labute approximate surface area is 115 Å². The molecule has 19 heavy (non-hydrogen) atoms. The van der Waals surface area contributed by atoms with Gasteiger partial charge >= 0.3 is 0 Å². The van der Waals surface area contributed by atoms with Crippen LogP contribution in [0.3, 0.4) is 0 Å². The van der Waals surface area contributed by atoms with E-state index >= 15 is 0 Å². The second-order valence-corrected chi connectivity index (χ2v) is 5.19. The van der Waals surface area contributed by atoms with Crippen LogP contribution in [0.1, 0.15) is 50.6 Å². The number of rotatable bonds is 5. The van der Waals surface area contributed by atoms with Gasteiger partial charge in [-0.15, -0.1) is 0 Å². The number of hydrogen-bond donors (Lipinski definition) is 1. The van der Waals surface area contributed by atoms with Crippen molar-refractivity contribution < 1.29 is 9.47 Å². The van der Waals surface area contributed by atoms with Crippen LogP contribution in [-0.2, 0) is 4.74 Å². The van der Waals surface area contributed by atoms with E-state index in [4.69, 9.17) is 15.2 Å². The third kappa shape index (κ3) is 3.07. The highest BCUT2D eigenvalue weighted by molar-refractivity contribution is 5.28. The van der Waals surface area contributed by atoms with Crippen molar-refractivity contribution in [1.29, 1.82) is 0 Å². The molecule has 1 heterocycles. The molecule has 1 fully saturated rings. The third-order valence-electron chi connectivity index (χ3n) is 4.08. The molecular formula is C15H24N2O2. The number of nitrogens with two attached hydrogens (primary N) is 1. The molecule has 0 aromatic carbocycles. The van der Waals surface area contributed by atoms with E-state index in [0.29, 0.717) is 6.61 Å². The Morgan fingerprint density at radius 3 is 2.68 bits per heavy atom. The molecule has 106 valence electrons. The molecule has 2 N–H and O–H groups in total. The summed E-state index contributed by atoms with van der Waals surface area (Å²) in [7, 11) is 1.77. The monoisotopic (exact) mass is 264 g/mol. The fraction of sp³-hybridized carbons (Fsp3) is 0.667. The quantitative estimate of drug-likeness (QED) is 0.888. The van der Waals surface area contributed by atoms with Crippen molar-refractivity contribution in [3.8, 4) is 5.75 Å². The summed E-state index contributed by atoms with van der Waals surface area (Å²) in [6, 6.07) is 1.84. The molecule has 0 saturated heterocycles. The number of methoxy groups -OCH3 is 1. The molecule has 4 nitrogen and oxygen atoms in total. The number of pyridine rings is 1. The predicted molar refractivity (Wildman–Crippen MR) is 75.2 cm³/mol. The molecule has 1 aliphatic carbocycles. The number of ether oxygens (including phenoxy) is 2. The maximum absolute atomic E-state index is 6.46. The summed E-state index contributed by atoms with van der Waals surface area (Å²) in [5, 5.41) is 0. The first-order valence-corrected chi connectivity index (χ1v) is 7.10. The van der Waals surface area contributed by atoms with E-state index in [2.05, 4.69) is 4.98 Å². The van der Waals surface area contributed by atoms with E-state index in [9.17, 15) is 0 Å². The number of hydrogen-bond acceptors (Lipinski definition) is 4. The maximum Gasteiger partial charge on any atom is 0.137 e. The topological polar surface area (TPSA) is 57.4 Å². The zero-order chi connectivity index (χ0) is 13.7. The van der Waals surface area contributed by atoms with Crippen molar-refractivity contribution in [3.05, 3.63) is 24.0 Å². The van der Waals surface area contributed by atoms with Gasteiger partial charge in [-0.1, -0.05) is 19.3 Å². The van der Waals surface area contributed by atoms with Gasteiger partial charge in [-0.05, 0) is 31.4 Å². The fourth-order valence-corrected chi connectivity index (χ4v) is 2.95. The van der Waals surface area contributed by atoms with Gasteiger partial charge in [-0.3, -0.25) is 4.98 Å². The minimum atomic E-state index is -0.245. The third-order valence-corrected chi connectivity index (χ3v) is 4.08. The lowest BCUT2D eigenvalue weighted by Gasteiger charge is -2.40. The van der Waals surface area contributed by atoms with Crippen molar-refractivity contribution in [2.24, 2.45) is 5.73 Å². The second-order valence-electron chi connectivity index (χ2n) is 5.19. The standard InChI is InChI=1S/C15H24N2O2/c1-3-19-13-9-12(10-17-11-13)14(16)15(18-2)7-5-4-6-8-15/h9-11,14H,3-8,16H2,1-2H3. The van der Waals surface area contributed by atoms with E-state index in [0.717, 1.165) is 24.2 Å². The van der Waals surface area contributed by atoms with E-state index in [1.807, 2.05) is 19.2 Å². The average molecular weight is 264 g/mol. The van der Waals surface area contributed by atoms with Crippen molar-refractivity contribution in [2.45, 2.75) is 50.7 Å². The van der Waals surface area contributed by atoms with Crippen LogP contribution in [0.5, 0.6) is 5.75 Å². The lowest BCUT2D eigenvalue weighted by molar-refractivity contribution is -0.0596. The minimum Gasteiger partial charge on any atom is -0.492 e. The zero-order valence-corrected chi connectivity index (χ0v) is 11.9. The molecule has 1 atom stereocenters. The Kier molecular flexibility index (Phi) is 4.77.